The number of nitro groups is 1. The molecule has 0 spiro atoms. The van der Waals surface area contributed by atoms with Gasteiger partial charge in [-0.05, 0) is 56.2 Å². The van der Waals surface area contributed by atoms with E-state index in [-0.39, 0.29) is 54.0 Å². The van der Waals surface area contributed by atoms with E-state index in [2.05, 4.69) is 0 Å². The SMILES string of the molecule is CC1=CC[C@@H]2C(=O)N(c3ccc(OC(=O)[C@@H]4CC(=O)N(c5ccc([N+](=O)[O-])cc5)C4)cc3)C(=O)[C@H]2C1. The van der Waals surface area contributed by atoms with Crippen molar-refractivity contribution in [2.24, 2.45) is 17.8 Å². The Morgan fingerprint density at radius 3 is 2.25 bits per heavy atom. The lowest BCUT2D eigenvalue weighted by molar-refractivity contribution is -0.384. The van der Waals surface area contributed by atoms with Crippen LogP contribution in [0.1, 0.15) is 26.2 Å². The van der Waals surface area contributed by atoms with Crippen molar-refractivity contribution in [2.75, 3.05) is 16.3 Å². The van der Waals surface area contributed by atoms with Crippen molar-refractivity contribution in [1.82, 2.24) is 0 Å². The van der Waals surface area contributed by atoms with Gasteiger partial charge in [-0.3, -0.25) is 34.2 Å². The van der Waals surface area contributed by atoms with Gasteiger partial charge < -0.3 is 9.64 Å². The number of non-ortho nitro benzene ring substituents is 1. The van der Waals surface area contributed by atoms with Crippen LogP contribution in [-0.2, 0) is 19.2 Å². The Labute approximate surface area is 206 Å². The lowest BCUT2D eigenvalue weighted by Crippen LogP contribution is -2.30. The number of hydrogen-bond donors (Lipinski definition) is 0. The van der Waals surface area contributed by atoms with Gasteiger partial charge in [-0.25, -0.2) is 0 Å². The van der Waals surface area contributed by atoms with Crippen LogP contribution in [0.3, 0.4) is 0 Å². The quantitative estimate of drug-likeness (QED) is 0.157. The monoisotopic (exact) mass is 489 g/mol. The van der Waals surface area contributed by atoms with Crippen LogP contribution in [-0.4, -0.2) is 35.2 Å². The molecule has 2 aromatic rings. The molecule has 0 unspecified atom stereocenters. The van der Waals surface area contributed by atoms with E-state index in [9.17, 15) is 29.3 Å². The molecule has 3 atom stereocenters. The minimum atomic E-state index is -0.701. The number of benzene rings is 2. The molecule has 1 aliphatic carbocycles. The number of carbonyl (C=O) groups is 4. The summed E-state index contributed by atoms with van der Waals surface area (Å²) < 4.78 is 5.46. The smallest absolute Gasteiger partial charge is 0.316 e. The van der Waals surface area contributed by atoms with Crippen LogP contribution in [0, 0.1) is 27.9 Å². The van der Waals surface area contributed by atoms with E-state index in [4.69, 9.17) is 4.74 Å². The number of ether oxygens (including phenoxy) is 1. The van der Waals surface area contributed by atoms with Gasteiger partial charge in [0.15, 0.2) is 0 Å². The Morgan fingerprint density at radius 1 is 0.944 bits per heavy atom. The summed E-state index contributed by atoms with van der Waals surface area (Å²) >= 11 is 0. The highest BCUT2D eigenvalue weighted by Crippen LogP contribution is 2.40. The van der Waals surface area contributed by atoms with Crippen molar-refractivity contribution in [1.29, 1.82) is 0 Å². The fourth-order valence-corrected chi connectivity index (χ4v) is 5.02. The standard InChI is InChI=1S/C26H23N3O7/c1-15-2-11-21-22(12-15)25(32)28(24(21)31)18-7-9-20(10-8-18)36-26(33)16-13-23(30)27(14-16)17-3-5-19(6-4-17)29(34)35/h2-10,16,21-22H,11-14H2,1H3/t16-,21+,22+/m1/s1. The number of allylic oxidation sites excluding steroid dienone is 2. The van der Waals surface area contributed by atoms with Gasteiger partial charge in [0.2, 0.25) is 17.7 Å². The summed E-state index contributed by atoms with van der Waals surface area (Å²) in [6.45, 7) is 2.06. The van der Waals surface area contributed by atoms with Gasteiger partial charge in [0, 0.05) is 30.8 Å². The Hall–Kier alpha value is -4.34. The summed E-state index contributed by atoms with van der Waals surface area (Å²) in [4.78, 5) is 63.8. The summed E-state index contributed by atoms with van der Waals surface area (Å²) in [7, 11) is 0. The molecule has 2 fully saturated rings. The molecule has 2 heterocycles. The molecule has 2 saturated heterocycles. The molecule has 0 aromatic heterocycles. The van der Waals surface area contributed by atoms with E-state index >= 15 is 0 Å². The largest absolute Gasteiger partial charge is 0.426 e. The lowest BCUT2D eigenvalue weighted by atomic mass is 9.82. The number of fused-ring (bicyclic) bond motifs is 1. The highest BCUT2D eigenvalue weighted by Gasteiger charge is 2.48. The van der Waals surface area contributed by atoms with Crippen LogP contribution >= 0.6 is 0 Å². The van der Waals surface area contributed by atoms with Gasteiger partial charge in [-0.15, -0.1) is 0 Å². The van der Waals surface area contributed by atoms with Crippen LogP contribution in [0.25, 0.3) is 0 Å². The number of imide groups is 1. The van der Waals surface area contributed by atoms with E-state index < -0.39 is 16.8 Å². The number of amides is 3. The van der Waals surface area contributed by atoms with Crippen LogP contribution in [0.4, 0.5) is 17.1 Å². The number of rotatable bonds is 5. The summed E-state index contributed by atoms with van der Waals surface area (Å²) in [5.41, 5.74) is 1.92. The van der Waals surface area contributed by atoms with Gasteiger partial charge in [-0.1, -0.05) is 11.6 Å². The van der Waals surface area contributed by atoms with Gasteiger partial charge in [-0.2, -0.15) is 0 Å². The number of hydrogen-bond acceptors (Lipinski definition) is 7. The maximum Gasteiger partial charge on any atom is 0.316 e. The van der Waals surface area contributed by atoms with Gasteiger partial charge in [0.1, 0.15) is 5.75 Å². The molecule has 10 nitrogen and oxygen atoms in total. The average molecular weight is 489 g/mol. The third-order valence-corrected chi connectivity index (χ3v) is 6.97. The van der Waals surface area contributed by atoms with E-state index in [0.29, 0.717) is 24.2 Å². The zero-order chi connectivity index (χ0) is 25.6. The highest BCUT2D eigenvalue weighted by atomic mass is 16.6. The first-order valence-electron chi connectivity index (χ1n) is 11.6. The van der Waals surface area contributed by atoms with E-state index in [0.717, 1.165) is 5.57 Å². The van der Waals surface area contributed by atoms with Crippen molar-refractivity contribution >= 4 is 40.8 Å². The number of anilines is 2. The number of carbonyl (C=O) groups excluding carboxylic acids is 4. The second kappa shape index (κ2) is 9.03. The van der Waals surface area contributed by atoms with Crippen LogP contribution < -0.4 is 14.5 Å². The van der Waals surface area contributed by atoms with Crippen molar-refractivity contribution < 1.29 is 28.8 Å². The first-order valence-corrected chi connectivity index (χ1v) is 11.6. The van der Waals surface area contributed by atoms with E-state index in [1.807, 2.05) is 13.0 Å². The predicted molar refractivity (Wildman–Crippen MR) is 128 cm³/mol. The molecule has 5 rings (SSSR count). The minimum absolute atomic E-state index is 0.0408. The van der Waals surface area contributed by atoms with Gasteiger partial charge in [0.05, 0.1) is 28.4 Å². The Bertz CT molecular complexity index is 1300. The number of nitrogens with zero attached hydrogens (tertiary/aromatic N) is 3. The van der Waals surface area contributed by atoms with Crippen molar-refractivity contribution in [3.8, 4) is 5.75 Å². The lowest BCUT2D eigenvalue weighted by Gasteiger charge is -2.18. The summed E-state index contributed by atoms with van der Waals surface area (Å²) in [5.74, 6) is -2.42. The number of esters is 1. The Kier molecular flexibility index (Phi) is 5.87. The highest BCUT2D eigenvalue weighted by molar-refractivity contribution is 6.22. The zero-order valence-electron chi connectivity index (χ0n) is 19.5. The molecular formula is C26H23N3O7. The molecule has 36 heavy (non-hydrogen) atoms. The fraction of sp³-hybridized carbons (Fsp3) is 0.308. The molecule has 0 N–H and O–H groups in total. The predicted octanol–water partition coefficient (Wildman–Crippen LogP) is 3.40. The first-order chi connectivity index (χ1) is 17.2. The van der Waals surface area contributed by atoms with Crippen LogP contribution in [0.15, 0.2) is 60.2 Å². The normalized spacial score (nSPS) is 23.5. The first kappa shape index (κ1) is 23.4. The summed E-state index contributed by atoms with van der Waals surface area (Å²) in [6.07, 6.45) is 3.11. The molecule has 184 valence electrons. The molecule has 10 heteroatoms. The van der Waals surface area contributed by atoms with Crippen LogP contribution in [0.5, 0.6) is 5.75 Å². The molecule has 0 saturated carbocycles. The molecule has 2 aliphatic heterocycles. The number of nitro benzene ring substituents is 1. The third-order valence-electron chi connectivity index (χ3n) is 6.97. The maximum absolute atomic E-state index is 12.9. The second-order valence-electron chi connectivity index (χ2n) is 9.31. The van der Waals surface area contributed by atoms with Gasteiger partial charge >= 0.3 is 5.97 Å². The summed E-state index contributed by atoms with van der Waals surface area (Å²) in [6, 6.07) is 11.7. The fourth-order valence-electron chi connectivity index (χ4n) is 5.02. The van der Waals surface area contributed by atoms with Crippen LogP contribution in [0.2, 0.25) is 0 Å². The Balaban J connectivity index is 1.23. The topological polar surface area (TPSA) is 127 Å². The molecular weight excluding hydrogens is 466 g/mol. The minimum Gasteiger partial charge on any atom is -0.426 e. The molecule has 0 radical (unpaired) electrons. The Morgan fingerprint density at radius 2 is 1.58 bits per heavy atom. The molecule has 0 bridgehead atoms. The molecule has 3 aliphatic rings. The zero-order valence-corrected chi connectivity index (χ0v) is 19.5. The molecule has 3 amide bonds. The third kappa shape index (κ3) is 4.15. The van der Waals surface area contributed by atoms with E-state index in [1.54, 1.807) is 12.1 Å². The average Bonchev–Trinajstić information content (AvgIpc) is 3.37. The van der Waals surface area contributed by atoms with Crippen molar-refractivity contribution in [3.05, 3.63) is 70.3 Å². The van der Waals surface area contributed by atoms with Crippen molar-refractivity contribution in [3.63, 3.8) is 0 Å². The molecule has 2 aromatic carbocycles. The van der Waals surface area contributed by atoms with E-state index in [1.165, 1.54) is 46.2 Å². The second-order valence-corrected chi connectivity index (χ2v) is 9.31. The maximum atomic E-state index is 12.9. The summed E-state index contributed by atoms with van der Waals surface area (Å²) in [5, 5.41) is 10.8. The van der Waals surface area contributed by atoms with Crippen molar-refractivity contribution in [2.45, 2.75) is 26.2 Å². The van der Waals surface area contributed by atoms with Gasteiger partial charge in [0.25, 0.3) is 5.69 Å².